The molecule has 18 heavy (non-hydrogen) atoms. The highest BCUT2D eigenvalue weighted by molar-refractivity contribution is 5.94. The van der Waals surface area contributed by atoms with Gasteiger partial charge < -0.3 is 15.7 Å². The maximum atomic E-state index is 12.0. The normalized spacial score (nSPS) is 15.9. The van der Waals surface area contributed by atoms with Gasteiger partial charge in [0, 0.05) is 24.8 Å². The van der Waals surface area contributed by atoms with E-state index in [-0.39, 0.29) is 18.6 Å². The largest absolute Gasteiger partial charge is 0.396 e. The van der Waals surface area contributed by atoms with Crippen molar-refractivity contribution in [3.63, 3.8) is 0 Å². The van der Waals surface area contributed by atoms with Crippen molar-refractivity contribution in [1.82, 2.24) is 10.6 Å². The van der Waals surface area contributed by atoms with E-state index in [0.29, 0.717) is 12.0 Å². The standard InChI is InChI=1S/C14H20N2O2/c1-10(5-7-17)16-14(18)12-3-2-11-4-6-15-9-13(11)8-12/h2-3,8,10,15,17H,4-7,9H2,1H3,(H,16,18). The zero-order valence-corrected chi connectivity index (χ0v) is 10.7. The van der Waals surface area contributed by atoms with Crippen molar-refractivity contribution in [2.24, 2.45) is 0 Å². The molecule has 0 aromatic heterocycles. The zero-order valence-electron chi connectivity index (χ0n) is 10.7. The highest BCUT2D eigenvalue weighted by Gasteiger charge is 2.13. The first kappa shape index (κ1) is 13.1. The second-order valence-electron chi connectivity index (χ2n) is 4.80. The van der Waals surface area contributed by atoms with Gasteiger partial charge in [0.25, 0.3) is 5.91 Å². The number of aliphatic hydroxyl groups excluding tert-OH is 1. The third-order valence-electron chi connectivity index (χ3n) is 3.29. The fourth-order valence-electron chi connectivity index (χ4n) is 2.19. The summed E-state index contributed by atoms with van der Waals surface area (Å²) in [4.78, 5) is 12.0. The molecular weight excluding hydrogens is 228 g/mol. The highest BCUT2D eigenvalue weighted by atomic mass is 16.3. The molecule has 1 heterocycles. The summed E-state index contributed by atoms with van der Waals surface area (Å²) in [6.45, 7) is 3.83. The van der Waals surface area contributed by atoms with Gasteiger partial charge in [0.15, 0.2) is 0 Å². The Morgan fingerprint density at radius 3 is 3.11 bits per heavy atom. The Bertz CT molecular complexity index is 432. The van der Waals surface area contributed by atoms with Crippen LogP contribution in [-0.2, 0) is 13.0 Å². The second kappa shape index (κ2) is 5.98. The molecule has 2 rings (SSSR count). The molecule has 1 aliphatic heterocycles. The molecule has 0 aliphatic carbocycles. The number of hydrogen-bond donors (Lipinski definition) is 3. The van der Waals surface area contributed by atoms with Crippen molar-refractivity contribution >= 4 is 5.91 Å². The Balaban J connectivity index is 2.06. The summed E-state index contributed by atoms with van der Waals surface area (Å²) >= 11 is 0. The summed E-state index contributed by atoms with van der Waals surface area (Å²) < 4.78 is 0. The maximum Gasteiger partial charge on any atom is 0.251 e. The van der Waals surface area contributed by atoms with Crippen LogP contribution < -0.4 is 10.6 Å². The molecule has 1 amide bonds. The smallest absolute Gasteiger partial charge is 0.251 e. The topological polar surface area (TPSA) is 61.4 Å². The summed E-state index contributed by atoms with van der Waals surface area (Å²) in [7, 11) is 0. The number of carbonyl (C=O) groups is 1. The Morgan fingerprint density at radius 2 is 2.33 bits per heavy atom. The van der Waals surface area contributed by atoms with E-state index in [4.69, 9.17) is 5.11 Å². The average molecular weight is 248 g/mol. The number of aliphatic hydroxyl groups is 1. The van der Waals surface area contributed by atoms with Gasteiger partial charge in [-0.15, -0.1) is 0 Å². The van der Waals surface area contributed by atoms with Gasteiger partial charge in [-0.1, -0.05) is 6.07 Å². The fourth-order valence-corrected chi connectivity index (χ4v) is 2.19. The van der Waals surface area contributed by atoms with Crippen molar-refractivity contribution in [3.8, 4) is 0 Å². The van der Waals surface area contributed by atoms with Crippen molar-refractivity contribution in [3.05, 3.63) is 34.9 Å². The molecule has 3 N–H and O–H groups in total. The van der Waals surface area contributed by atoms with E-state index in [1.165, 1.54) is 11.1 Å². The molecule has 4 nitrogen and oxygen atoms in total. The van der Waals surface area contributed by atoms with Gasteiger partial charge in [-0.05, 0) is 49.6 Å². The quantitative estimate of drug-likeness (QED) is 0.739. The van der Waals surface area contributed by atoms with Crippen LogP contribution in [0.4, 0.5) is 0 Å². The molecule has 1 aromatic rings. The molecule has 1 unspecified atom stereocenters. The molecule has 1 atom stereocenters. The number of fused-ring (bicyclic) bond motifs is 1. The highest BCUT2D eigenvalue weighted by Crippen LogP contribution is 2.16. The first-order valence-electron chi connectivity index (χ1n) is 6.45. The molecule has 0 radical (unpaired) electrons. The van der Waals surface area contributed by atoms with Crippen LogP contribution in [0.2, 0.25) is 0 Å². The summed E-state index contributed by atoms with van der Waals surface area (Å²) in [5.41, 5.74) is 3.24. The van der Waals surface area contributed by atoms with E-state index < -0.39 is 0 Å². The van der Waals surface area contributed by atoms with E-state index in [9.17, 15) is 4.79 Å². The van der Waals surface area contributed by atoms with Gasteiger partial charge in [0.1, 0.15) is 0 Å². The van der Waals surface area contributed by atoms with E-state index in [2.05, 4.69) is 10.6 Å². The summed E-state index contributed by atoms with van der Waals surface area (Å²) in [6, 6.07) is 5.88. The SMILES string of the molecule is CC(CCO)NC(=O)c1ccc2c(c1)CNCC2. The lowest BCUT2D eigenvalue weighted by Crippen LogP contribution is -2.33. The van der Waals surface area contributed by atoms with Crippen LogP contribution in [0.15, 0.2) is 18.2 Å². The van der Waals surface area contributed by atoms with Crippen LogP contribution in [0.1, 0.15) is 34.8 Å². The van der Waals surface area contributed by atoms with Crippen LogP contribution >= 0.6 is 0 Å². The molecule has 1 aliphatic rings. The molecule has 0 fully saturated rings. The molecular formula is C14H20N2O2. The monoisotopic (exact) mass is 248 g/mol. The molecule has 4 heteroatoms. The lowest BCUT2D eigenvalue weighted by molar-refractivity contribution is 0.0934. The number of carbonyl (C=O) groups excluding carboxylic acids is 1. The van der Waals surface area contributed by atoms with E-state index in [1.54, 1.807) is 0 Å². The van der Waals surface area contributed by atoms with Crippen molar-refractivity contribution in [1.29, 1.82) is 0 Å². The van der Waals surface area contributed by atoms with Gasteiger partial charge in [-0.2, -0.15) is 0 Å². The summed E-state index contributed by atoms with van der Waals surface area (Å²) in [5, 5.41) is 15.0. The number of benzene rings is 1. The first-order valence-corrected chi connectivity index (χ1v) is 6.45. The van der Waals surface area contributed by atoms with Gasteiger partial charge in [-0.25, -0.2) is 0 Å². The van der Waals surface area contributed by atoms with E-state index in [0.717, 1.165) is 19.5 Å². The summed E-state index contributed by atoms with van der Waals surface area (Å²) in [5.74, 6) is -0.0654. The lowest BCUT2D eigenvalue weighted by atomic mass is 9.98. The van der Waals surface area contributed by atoms with Crippen LogP contribution in [0, 0.1) is 0 Å². The third kappa shape index (κ3) is 3.09. The summed E-state index contributed by atoms with van der Waals surface area (Å²) in [6.07, 6.45) is 1.61. The average Bonchev–Trinajstić information content (AvgIpc) is 2.38. The van der Waals surface area contributed by atoms with Gasteiger partial charge in [0.2, 0.25) is 0 Å². The fraction of sp³-hybridized carbons (Fsp3) is 0.500. The second-order valence-corrected chi connectivity index (χ2v) is 4.80. The van der Waals surface area contributed by atoms with Crippen molar-refractivity contribution in [2.75, 3.05) is 13.2 Å². The molecule has 0 saturated heterocycles. The van der Waals surface area contributed by atoms with Crippen LogP contribution in [0.5, 0.6) is 0 Å². The zero-order chi connectivity index (χ0) is 13.0. The van der Waals surface area contributed by atoms with E-state index in [1.807, 2.05) is 25.1 Å². The van der Waals surface area contributed by atoms with E-state index >= 15 is 0 Å². The number of nitrogens with one attached hydrogen (secondary N) is 2. The van der Waals surface area contributed by atoms with Crippen LogP contribution in [0.3, 0.4) is 0 Å². The van der Waals surface area contributed by atoms with Gasteiger partial charge in [0.05, 0.1) is 0 Å². The molecule has 0 saturated carbocycles. The molecule has 0 spiro atoms. The molecule has 98 valence electrons. The van der Waals surface area contributed by atoms with Crippen molar-refractivity contribution in [2.45, 2.75) is 32.4 Å². The predicted molar refractivity (Wildman–Crippen MR) is 70.5 cm³/mol. The van der Waals surface area contributed by atoms with Crippen LogP contribution in [-0.4, -0.2) is 30.2 Å². The molecule has 0 bridgehead atoms. The number of hydrogen-bond acceptors (Lipinski definition) is 3. The van der Waals surface area contributed by atoms with Crippen LogP contribution in [0.25, 0.3) is 0 Å². The Morgan fingerprint density at radius 1 is 1.50 bits per heavy atom. The minimum Gasteiger partial charge on any atom is -0.396 e. The Kier molecular flexibility index (Phi) is 4.33. The predicted octanol–water partition coefficient (Wildman–Crippen LogP) is 0.833. The Hall–Kier alpha value is -1.39. The molecule has 1 aromatic carbocycles. The Labute approximate surface area is 107 Å². The lowest BCUT2D eigenvalue weighted by Gasteiger charge is -2.18. The minimum absolute atomic E-state index is 0.00310. The van der Waals surface area contributed by atoms with Gasteiger partial charge in [-0.3, -0.25) is 4.79 Å². The van der Waals surface area contributed by atoms with Crippen molar-refractivity contribution < 1.29 is 9.90 Å². The first-order chi connectivity index (χ1) is 8.70. The third-order valence-corrected chi connectivity index (χ3v) is 3.29. The maximum absolute atomic E-state index is 12.0. The van der Waals surface area contributed by atoms with Gasteiger partial charge >= 0.3 is 0 Å². The number of rotatable bonds is 4. The minimum atomic E-state index is -0.0654. The number of amides is 1.